The fourth-order valence-corrected chi connectivity index (χ4v) is 36.6. The zero-order valence-electron chi connectivity index (χ0n) is 101. The molecule has 7 saturated heterocycles. The summed E-state index contributed by atoms with van der Waals surface area (Å²) in [6.45, 7) is 7.46. The van der Waals surface area contributed by atoms with Crippen molar-refractivity contribution in [3.8, 4) is 40.2 Å². The minimum Gasteiger partial charge on any atom is -0.497 e. The molecule has 14 bridgehead atoms. The molecule has 14 aliphatic carbocycles. The standard InChI is InChI=1S/C19H27NO.6C18H25NO/c1-3-21-15-8-7-14-12-18-16-6-4-5-9-19(16,17(14)13-15)10-11-20(18)2;6*1-19-10-9-18-8-4-3-5-15(18)17(19)11-13-6-7-14(20-2)12-16(13)18/h7-8,13,16,18H,3-6,9-12H2,1-2H3;6*6-7,12,15,17H,3-5,8-11H2,1-2H3/t16?,18-,19-;6*15?,17-,18-/m0000000/s1/i;2*2D3;2D2;1D3;1D2;1D. The average molecular weight is 1930 g/mol. The van der Waals surface area contributed by atoms with Crippen LogP contribution in [0.25, 0.3) is 0 Å². The number of nitrogens with zero attached hydrogens (tertiary/aromatic N) is 7. The van der Waals surface area contributed by atoms with Gasteiger partial charge in [0.1, 0.15) is 40.2 Å². The topological polar surface area (TPSA) is 87.3 Å². The highest BCUT2D eigenvalue weighted by Gasteiger charge is 2.61. The second-order valence-corrected chi connectivity index (χ2v) is 48.5. The molecule has 21 aliphatic rings. The van der Waals surface area contributed by atoms with Crippen LogP contribution in [0, 0.1) is 41.4 Å². The molecule has 0 radical (unpaired) electrons. The molecule has 7 aliphatic heterocycles. The lowest BCUT2D eigenvalue weighted by molar-refractivity contribution is 0.00270. The number of likely N-dealkylation sites (tertiary alicyclic amines) is 7. The van der Waals surface area contributed by atoms with E-state index < -0.39 is 35.1 Å². The van der Waals surface area contributed by atoms with Crippen molar-refractivity contribution >= 4 is 0 Å². The van der Waals surface area contributed by atoms with Crippen LogP contribution in [0.4, 0.5) is 0 Å². The largest absolute Gasteiger partial charge is 0.497 e. The number of likely N-dealkylation sites (N-methyl/N-ethyl adjacent to an activating group) is 7. The molecule has 14 nitrogen and oxygen atoms in total. The van der Waals surface area contributed by atoms with Gasteiger partial charge in [-0.25, -0.2) is 0 Å². The fraction of sp³-hybridized carbons (Fsp3) is 0.669. The van der Waals surface area contributed by atoms with Gasteiger partial charge in [-0.3, -0.25) is 0 Å². The molecular weight excluding hydrogens is 1740 g/mol. The number of fused-ring (bicyclic) bond motifs is 7. The lowest BCUT2D eigenvalue weighted by atomic mass is 9.52. The van der Waals surface area contributed by atoms with E-state index >= 15 is 0 Å². The second-order valence-electron chi connectivity index (χ2n) is 48.5. The second kappa shape index (κ2) is 40.5. The van der Waals surface area contributed by atoms with E-state index in [1.165, 1.54) is 286 Å². The van der Waals surface area contributed by atoms with Gasteiger partial charge in [0.15, 0.2) is 0 Å². The van der Waals surface area contributed by atoms with Crippen LogP contribution < -0.4 is 33.2 Å². The van der Waals surface area contributed by atoms with Crippen LogP contribution in [0.15, 0.2) is 127 Å². The first-order valence-corrected chi connectivity index (χ1v) is 56.3. The molecule has 14 heteroatoms. The maximum absolute atomic E-state index is 7.94. The van der Waals surface area contributed by atoms with Gasteiger partial charge in [0.2, 0.25) is 0 Å². The van der Waals surface area contributed by atoms with E-state index in [-0.39, 0.29) is 27.7 Å². The Balaban J connectivity index is 0.000000101. The predicted octanol–water partition coefficient (Wildman–Crippen LogP) is 24.1. The lowest BCUT2D eigenvalue weighted by Gasteiger charge is -2.58. The van der Waals surface area contributed by atoms with E-state index in [9.17, 15) is 0 Å². The molecule has 28 rings (SSSR count). The lowest BCUT2D eigenvalue weighted by Crippen LogP contribution is -2.59. The maximum atomic E-state index is 7.94. The number of benzene rings is 7. The Morgan fingerprint density at radius 3 is 0.716 bits per heavy atom. The Bertz CT molecular complexity index is 6000. The predicted molar refractivity (Wildman–Crippen MR) is 574 cm³/mol. The van der Waals surface area contributed by atoms with Crippen molar-refractivity contribution in [3.63, 3.8) is 0 Å². The maximum Gasteiger partial charge on any atom is 0.119 e. The first kappa shape index (κ1) is 82.9. The molecule has 0 aromatic heterocycles. The Kier molecular flexibility index (Phi) is 23.8. The molecule has 762 valence electrons. The van der Waals surface area contributed by atoms with Crippen molar-refractivity contribution < 1.29 is 52.3 Å². The summed E-state index contributed by atoms with van der Waals surface area (Å²) >= 11 is 0. The van der Waals surface area contributed by atoms with Crippen LogP contribution in [0.2, 0.25) is 0 Å². The molecule has 7 aromatic carbocycles. The van der Waals surface area contributed by atoms with Gasteiger partial charge in [0.25, 0.3) is 0 Å². The monoisotopic (exact) mass is 1930 g/mol. The SMILES string of the molecule is CCOc1ccc2c(c1)[C@]13CCCCC1[C@H](C2)N(C)CC3.[2H]C([2H])([2H])N1CC[C@@]23CCCCC2[C@@H]1Cc1ccc(OC)cc13.[2H]C([2H])([2H])Oc1ccc2c(c1)[C@]13CCCCC1[C@H](C2)N(C)CC3.[2H]C([2H])([2H])Oc1ccc2c(c1)[C@]13CCCCC1[C@H](C2)N(C)CC3.[2H]C([2H])N1CC[C@@]23CCCCC2[C@@H]1Cc1ccc(OC)cc13.[2H]C([2H])Oc1ccc2c(c1)[C@]13CCCCC1[C@H](C2)N(C)CC3.[2H]CN1CC[C@@]23CCCCC2[C@@H]1Cc1ccc(OC)cc13. The summed E-state index contributed by atoms with van der Waals surface area (Å²) < 4.78 is 144. The van der Waals surface area contributed by atoms with Gasteiger partial charge in [0, 0.05) is 88.4 Å². The number of piperidine rings is 7. The molecule has 0 N–H and O–H groups in total. The Labute approximate surface area is 869 Å². The summed E-state index contributed by atoms with van der Waals surface area (Å²) in [6.07, 6.45) is 52.5. The number of hydrogen-bond donors (Lipinski definition) is 0. The van der Waals surface area contributed by atoms with E-state index in [0.717, 1.165) is 137 Å². The van der Waals surface area contributed by atoms with Gasteiger partial charge in [-0.1, -0.05) is 132 Å². The van der Waals surface area contributed by atoms with Crippen LogP contribution in [0.1, 0.15) is 329 Å². The van der Waals surface area contributed by atoms with Crippen LogP contribution in [-0.4, -0.2) is 221 Å². The van der Waals surface area contributed by atoms with Crippen molar-refractivity contribution in [1.82, 2.24) is 34.3 Å². The highest BCUT2D eigenvalue weighted by atomic mass is 16.5. The molecule has 14 fully saturated rings. The van der Waals surface area contributed by atoms with Crippen molar-refractivity contribution in [1.29, 1.82) is 0 Å². The number of rotatable bonds is 8. The number of hydrogen-bond acceptors (Lipinski definition) is 14. The third-order valence-corrected chi connectivity index (χ3v) is 43.3. The average Bonchev–Trinajstić information content (AvgIpc) is 0.394. The van der Waals surface area contributed by atoms with Crippen LogP contribution >= 0.6 is 0 Å². The minimum atomic E-state index is -2.37. The van der Waals surface area contributed by atoms with E-state index in [2.05, 4.69) is 156 Å². The van der Waals surface area contributed by atoms with Gasteiger partial charge >= 0.3 is 0 Å². The first-order valence-electron chi connectivity index (χ1n) is 63.8. The molecule has 7 unspecified atom stereocenters. The number of methoxy groups -OCH3 is 6. The third kappa shape index (κ3) is 17.1. The van der Waals surface area contributed by atoms with Crippen LogP contribution in [0.5, 0.6) is 40.2 Å². The highest BCUT2D eigenvalue weighted by molar-refractivity contribution is 5.54. The minimum absolute atomic E-state index is 0.164. The first-order chi connectivity index (χ1) is 74.5. The normalized spacial score (nSPS) is 37.7. The van der Waals surface area contributed by atoms with Crippen molar-refractivity contribution in [2.75, 3.05) is 144 Å². The Morgan fingerprint density at radius 2 is 0.475 bits per heavy atom. The molecule has 0 spiro atoms. The molecule has 0 amide bonds. The molecular formula is C127H177N7O7. The quantitative estimate of drug-likeness (QED) is 0.145. The van der Waals surface area contributed by atoms with E-state index in [0.29, 0.717) is 101 Å². The summed E-state index contributed by atoms with van der Waals surface area (Å²) in [5.74, 6) is 10.6. The summed E-state index contributed by atoms with van der Waals surface area (Å²) in [7, 11) is 8.86. The van der Waals surface area contributed by atoms with Gasteiger partial charge in [-0.05, 0) is 486 Å². The summed E-state index contributed by atoms with van der Waals surface area (Å²) in [4.78, 5) is 16.7. The summed E-state index contributed by atoms with van der Waals surface area (Å²) in [6, 6.07) is 48.8. The molecule has 7 heterocycles. The fourth-order valence-electron chi connectivity index (χ4n) is 36.6. The highest BCUT2D eigenvalue weighted by Crippen LogP contribution is 2.65. The van der Waals surface area contributed by atoms with Gasteiger partial charge in [0.05, 0.1) is 60.0 Å². The van der Waals surface area contributed by atoms with E-state index in [4.69, 9.17) is 52.3 Å². The zero-order chi connectivity index (χ0) is 108. The molecule has 7 aromatic rings. The zero-order valence-corrected chi connectivity index (χ0v) is 86.9. The number of ether oxygens (including phenoxy) is 7. The smallest absolute Gasteiger partial charge is 0.119 e. The summed E-state index contributed by atoms with van der Waals surface area (Å²) in [5.41, 5.74) is 22.6. The van der Waals surface area contributed by atoms with Crippen LogP contribution in [0.3, 0.4) is 0 Å². The Morgan fingerprint density at radius 1 is 0.255 bits per heavy atom. The summed E-state index contributed by atoms with van der Waals surface area (Å²) in [5, 5.41) is 0. The van der Waals surface area contributed by atoms with Crippen molar-refractivity contribution in [3.05, 3.63) is 205 Å². The van der Waals surface area contributed by atoms with Crippen molar-refractivity contribution in [2.24, 2.45) is 41.4 Å². The van der Waals surface area contributed by atoms with Crippen LogP contribution in [-0.2, 0) is 82.9 Å². The van der Waals surface area contributed by atoms with Gasteiger partial charge in [-0.15, -0.1) is 0 Å². The van der Waals surface area contributed by atoms with Gasteiger partial charge < -0.3 is 67.5 Å². The van der Waals surface area contributed by atoms with E-state index in [1.807, 2.05) is 41.3 Å². The van der Waals surface area contributed by atoms with Gasteiger partial charge in [-0.2, -0.15) is 0 Å². The van der Waals surface area contributed by atoms with E-state index in [1.54, 1.807) is 38.0 Å². The molecule has 141 heavy (non-hydrogen) atoms. The van der Waals surface area contributed by atoms with Crippen molar-refractivity contribution in [2.45, 2.75) is 357 Å². The Hall–Kier alpha value is -7.14. The molecule has 7 saturated carbocycles. The molecule has 21 atom stereocenters. The third-order valence-electron chi connectivity index (χ3n) is 43.3.